The van der Waals surface area contributed by atoms with Crippen molar-refractivity contribution in [3.8, 4) is 11.6 Å². The molecular weight excluding hydrogens is 314 g/mol. The molecule has 1 heterocycles. The van der Waals surface area contributed by atoms with E-state index < -0.39 is 0 Å². The Morgan fingerprint density at radius 2 is 1.76 bits per heavy atom. The number of para-hydroxylation sites is 1. The summed E-state index contributed by atoms with van der Waals surface area (Å²) < 4.78 is 5.64. The van der Waals surface area contributed by atoms with Gasteiger partial charge in [-0.2, -0.15) is 0 Å². The molecule has 0 amide bonds. The van der Waals surface area contributed by atoms with E-state index in [9.17, 15) is 0 Å². The quantitative estimate of drug-likeness (QED) is 0.420. The highest BCUT2D eigenvalue weighted by Crippen LogP contribution is 2.18. The molecule has 0 unspecified atom stereocenters. The van der Waals surface area contributed by atoms with Crippen LogP contribution in [0.25, 0.3) is 0 Å². The fraction of sp³-hybridized carbons (Fsp3) is 0.100. The zero-order valence-electron chi connectivity index (χ0n) is 13.9. The summed E-state index contributed by atoms with van der Waals surface area (Å²) in [6.45, 7) is 2.41. The second-order valence-electron chi connectivity index (χ2n) is 5.54. The third-order valence-corrected chi connectivity index (χ3v) is 3.51. The van der Waals surface area contributed by atoms with E-state index in [1.165, 1.54) is 5.56 Å². The Morgan fingerprint density at radius 1 is 1.00 bits per heavy atom. The van der Waals surface area contributed by atoms with Crippen LogP contribution in [0.1, 0.15) is 16.7 Å². The lowest BCUT2D eigenvalue weighted by molar-refractivity contribution is 0.130. The van der Waals surface area contributed by atoms with E-state index in [0.717, 1.165) is 11.3 Å². The number of rotatable bonds is 6. The first-order valence-corrected chi connectivity index (χ1v) is 7.91. The molecule has 25 heavy (non-hydrogen) atoms. The van der Waals surface area contributed by atoms with Crippen LogP contribution >= 0.6 is 0 Å². The average Bonchev–Trinajstić information content (AvgIpc) is 2.65. The number of nitrogens with two attached hydrogens (primary N) is 1. The van der Waals surface area contributed by atoms with Crippen molar-refractivity contribution in [1.29, 1.82) is 0 Å². The monoisotopic (exact) mass is 333 g/mol. The lowest BCUT2D eigenvalue weighted by Crippen LogP contribution is -2.14. The Kier molecular flexibility index (Phi) is 5.26. The summed E-state index contributed by atoms with van der Waals surface area (Å²) in [5.41, 5.74) is 8.84. The Morgan fingerprint density at radius 3 is 2.44 bits per heavy atom. The summed E-state index contributed by atoms with van der Waals surface area (Å²) in [6.07, 6.45) is 1.60. The largest absolute Gasteiger partial charge is 0.439 e. The number of amidine groups is 1. The van der Waals surface area contributed by atoms with Crippen LogP contribution in [-0.2, 0) is 11.4 Å². The Bertz CT molecular complexity index is 829. The first-order valence-electron chi connectivity index (χ1n) is 7.91. The van der Waals surface area contributed by atoms with Gasteiger partial charge in [0.2, 0.25) is 5.88 Å². The number of aromatic nitrogens is 1. The molecule has 0 saturated heterocycles. The van der Waals surface area contributed by atoms with Crippen LogP contribution < -0.4 is 10.5 Å². The summed E-state index contributed by atoms with van der Waals surface area (Å²) in [5, 5.41) is 3.94. The van der Waals surface area contributed by atoms with Crippen LogP contribution in [0.15, 0.2) is 78.1 Å². The minimum atomic E-state index is 0.269. The summed E-state index contributed by atoms with van der Waals surface area (Å²) in [5.74, 6) is 1.49. The van der Waals surface area contributed by atoms with Gasteiger partial charge in [0, 0.05) is 17.8 Å². The Hall–Kier alpha value is -3.34. The third kappa shape index (κ3) is 4.81. The van der Waals surface area contributed by atoms with Crippen LogP contribution in [0.3, 0.4) is 0 Å². The molecule has 0 aliphatic heterocycles. The fourth-order valence-electron chi connectivity index (χ4n) is 2.11. The highest BCUT2D eigenvalue weighted by molar-refractivity contribution is 5.96. The molecule has 0 saturated carbocycles. The van der Waals surface area contributed by atoms with Crippen LogP contribution in [0.5, 0.6) is 11.6 Å². The molecule has 0 aliphatic rings. The molecule has 0 atom stereocenters. The van der Waals surface area contributed by atoms with E-state index in [4.69, 9.17) is 15.3 Å². The van der Waals surface area contributed by atoms with Gasteiger partial charge in [-0.05, 0) is 30.7 Å². The Labute approximate surface area is 146 Å². The summed E-state index contributed by atoms with van der Waals surface area (Å²) in [7, 11) is 0. The van der Waals surface area contributed by atoms with Crippen molar-refractivity contribution < 1.29 is 9.57 Å². The van der Waals surface area contributed by atoms with E-state index in [1.807, 2.05) is 61.5 Å². The lowest BCUT2D eigenvalue weighted by Gasteiger charge is -2.06. The Balaban J connectivity index is 1.58. The van der Waals surface area contributed by atoms with Gasteiger partial charge in [0.25, 0.3) is 0 Å². The third-order valence-electron chi connectivity index (χ3n) is 3.51. The molecular formula is C20H19N3O2. The van der Waals surface area contributed by atoms with E-state index in [1.54, 1.807) is 18.3 Å². The maximum atomic E-state index is 5.93. The topological polar surface area (TPSA) is 69.7 Å². The van der Waals surface area contributed by atoms with Crippen LogP contribution in [0.4, 0.5) is 0 Å². The molecule has 0 radical (unpaired) electrons. The highest BCUT2D eigenvalue weighted by atomic mass is 16.6. The molecule has 2 N–H and O–H groups in total. The number of benzene rings is 2. The van der Waals surface area contributed by atoms with Gasteiger partial charge in [-0.15, -0.1) is 0 Å². The van der Waals surface area contributed by atoms with Gasteiger partial charge in [0.05, 0.1) is 0 Å². The maximum absolute atomic E-state index is 5.93. The van der Waals surface area contributed by atoms with Crippen LogP contribution in [0.2, 0.25) is 0 Å². The van der Waals surface area contributed by atoms with Gasteiger partial charge in [-0.1, -0.05) is 53.2 Å². The standard InChI is InChI=1S/C20H19N3O2/c1-15-7-9-16(10-8-15)14-24-23-20(21)17-11-12-19(22-13-17)25-18-5-3-2-4-6-18/h2-13H,14H2,1H3,(H2,21,23). The van der Waals surface area contributed by atoms with E-state index in [-0.39, 0.29) is 5.84 Å². The van der Waals surface area contributed by atoms with Gasteiger partial charge < -0.3 is 15.3 Å². The van der Waals surface area contributed by atoms with Crippen molar-refractivity contribution in [1.82, 2.24) is 4.98 Å². The van der Waals surface area contributed by atoms with Crippen molar-refractivity contribution in [2.45, 2.75) is 13.5 Å². The minimum absolute atomic E-state index is 0.269. The van der Waals surface area contributed by atoms with Gasteiger partial charge in [-0.25, -0.2) is 4.98 Å². The fourth-order valence-corrected chi connectivity index (χ4v) is 2.11. The summed E-state index contributed by atoms with van der Waals surface area (Å²) in [6, 6.07) is 21.0. The van der Waals surface area contributed by atoms with E-state index >= 15 is 0 Å². The molecule has 5 heteroatoms. The summed E-state index contributed by atoms with van der Waals surface area (Å²) >= 11 is 0. The average molecular weight is 333 g/mol. The van der Waals surface area contributed by atoms with Crippen molar-refractivity contribution in [3.63, 3.8) is 0 Å². The number of pyridine rings is 1. The van der Waals surface area contributed by atoms with E-state index in [0.29, 0.717) is 18.1 Å². The van der Waals surface area contributed by atoms with Gasteiger partial charge in [-0.3, -0.25) is 0 Å². The zero-order chi connectivity index (χ0) is 17.5. The smallest absolute Gasteiger partial charge is 0.219 e. The van der Waals surface area contributed by atoms with Crippen molar-refractivity contribution >= 4 is 5.84 Å². The second kappa shape index (κ2) is 7.97. The maximum Gasteiger partial charge on any atom is 0.219 e. The number of hydrogen-bond donors (Lipinski definition) is 1. The molecule has 0 aliphatic carbocycles. The molecule has 126 valence electrons. The van der Waals surface area contributed by atoms with Gasteiger partial charge >= 0.3 is 0 Å². The van der Waals surface area contributed by atoms with Crippen molar-refractivity contribution in [2.75, 3.05) is 0 Å². The van der Waals surface area contributed by atoms with Gasteiger partial charge in [0.15, 0.2) is 5.84 Å². The predicted octanol–water partition coefficient (Wildman–Crippen LogP) is 4.02. The molecule has 2 aromatic carbocycles. The molecule has 0 bridgehead atoms. The number of hydrogen-bond acceptors (Lipinski definition) is 4. The number of oxime groups is 1. The predicted molar refractivity (Wildman–Crippen MR) is 97.4 cm³/mol. The minimum Gasteiger partial charge on any atom is -0.439 e. The highest BCUT2D eigenvalue weighted by Gasteiger charge is 2.03. The SMILES string of the molecule is Cc1ccc(CO/N=C(/N)c2ccc(Oc3ccccc3)nc2)cc1. The number of ether oxygens (including phenoxy) is 1. The second-order valence-corrected chi connectivity index (χ2v) is 5.54. The molecule has 0 spiro atoms. The van der Waals surface area contributed by atoms with Crippen molar-refractivity contribution in [3.05, 3.63) is 89.6 Å². The number of nitrogens with zero attached hydrogens (tertiary/aromatic N) is 2. The molecule has 0 fully saturated rings. The normalized spacial score (nSPS) is 11.2. The first kappa shape index (κ1) is 16.5. The van der Waals surface area contributed by atoms with Crippen molar-refractivity contribution in [2.24, 2.45) is 10.9 Å². The summed E-state index contributed by atoms with van der Waals surface area (Å²) in [4.78, 5) is 9.54. The lowest BCUT2D eigenvalue weighted by atomic mass is 10.2. The molecule has 3 aromatic rings. The molecule has 5 nitrogen and oxygen atoms in total. The van der Waals surface area contributed by atoms with Gasteiger partial charge in [0.1, 0.15) is 12.4 Å². The number of aryl methyl sites for hydroxylation is 1. The first-order chi connectivity index (χ1) is 12.2. The van der Waals surface area contributed by atoms with E-state index in [2.05, 4.69) is 10.1 Å². The molecule has 1 aromatic heterocycles. The van der Waals surface area contributed by atoms with Crippen LogP contribution in [-0.4, -0.2) is 10.8 Å². The zero-order valence-corrected chi connectivity index (χ0v) is 13.9. The molecule has 3 rings (SSSR count). The van der Waals surface area contributed by atoms with Crippen LogP contribution in [0, 0.1) is 6.92 Å².